The molecule has 22 heavy (non-hydrogen) atoms. The minimum Gasteiger partial charge on any atom is -0.348 e. The first kappa shape index (κ1) is 18.8. The molecule has 1 aliphatic carbocycles. The average Bonchev–Trinajstić information content (AvgIpc) is 2.86. The van der Waals surface area contributed by atoms with E-state index in [4.69, 9.17) is 5.73 Å². The molecule has 0 aliphatic heterocycles. The molecule has 1 fully saturated rings. The number of benzene rings is 1. The molecule has 1 aliphatic rings. The van der Waals surface area contributed by atoms with E-state index >= 15 is 0 Å². The van der Waals surface area contributed by atoms with Gasteiger partial charge in [0.2, 0.25) is 5.91 Å². The summed E-state index contributed by atoms with van der Waals surface area (Å²) in [7, 11) is 0. The van der Waals surface area contributed by atoms with Crippen LogP contribution in [0.3, 0.4) is 0 Å². The number of amides is 1. The van der Waals surface area contributed by atoms with Crippen molar-refractivity contribution in [3.63, 3.8) is 0 Å². The first-order chi connectivity index (χ1) is 9.72. The van der Waals surface area contributed by atoms with Crippen molar-refractivity contribution in [1.29, 1.82) is 0 Å². The van der Waals surface area contributed by atoms with Crippen molar-refractivity contribution < 1.29 is 18.0 Å². The van der Waals surface area contributed by atoms with Gasteiger partial charge in [0, 0.05) is 0 Å². The maximum absolute atomic E-state index is 12.5. The number of nitrogens with one attached hydrogen (secondary N) is 1. The van der Waals surface area contributed by atoms with E-state index in [0.29, 0.717) is 18.4 Å². The first-order valence-corrected chi connectivity index (χ1v) is 6.99. The molecule has 0 saturated heterocycles. The molecule has 0 spiro atoms. The summed E-state index contributed by atoms with van der Waals surface area (Å²) in [6.45, 7) is 1.73. The summed E-state index contributed by atoms with van der Waals surface area (Å²) in [5, 5.41) is 2.79. The SMILES string of the molecule is CC(NC(=O)C1(N)CCCC1)c1ccc(C(F)(F)F)cc1.Cl. The molecule has 1 atom stereocenters. The Balaban J connectivity index is 0.00000242. The molecule has 1 unspecified atom stereocenters. The summed E-state index contributed by atoms with van der Waals surface area (Å²) < 4.78 is 37.5. The lowest BCUT2D eigenvalue weighted by Crippen LogP contribution is -2.52. The Bertz CT molecular complexity index is 511. The van der Waals surface area contributed by atoms with Crippen LogP contribution < -0.4 is 11.1 Å². The largest absolute Gasteiger partial charge is 0.416 e. The predicted molar refractivity (Wildman–Crippen MR) is 80.6 cm³/mol. The molecule has 1 aromatic rings. The van der Waals surface area contributed by atoms with Crippen LogP contribution in [0.15, 0.2) is 24.3 Å². The Morgan fingerprint density at radius 1 is 1.23 bits per heavy atom. The predicted octanol–water partition coefficient (Wildman–Crippen LogP) is 3.58. The van der Waals surface area contributed by atoms with Gasteiger partial charge in [-0.25, -0.2) is 0 Å². The molecule has 2 rings (SSSR count). The first-order valence-electron chi connectivity index (χ1n) is 6.99. The Kier molecular flexibility index (Phi) is 5.87. The van der Waals surface area contributed by atoms with Gasteiger partial charge in [0.1, 0.15) is 0 Å². The number of hydrogen-bond acceptors (Lipinski definition) is 2. The molecule has 0 bridgehead atoms. The number of hydrogen-bond donors (Lipinski definition) is 2. The maximum Gasteiger partial charge on any atom is 0.416 e. The standard InChI is InChI=1S/C15H19F3N2O.ClH/c1-10(20-13(21)14(19)8-2-3-9-14)11-4-6-12(7-5-11)15(16,17)18;/h4-7,10H,2-3,8-9,19H2,1H3,(H,20,21);1H. The van der Waals surface area contributed by atoms with Crippen molar-refractivity contribution in [3.8, 4) is 0 Å². The van der Waals surface area contributed by atoms with Gasteiger partial charge in [0.05, 0.1) is 17.1 Å². The van der Waals surface area contributed by atoms with Crippen LogP contribution in [-0.4, -0.2) is 11.4 Å². The fraction of sp³-hybridized carbons (Fsp3) is 0.533. The molecule has 0 heterocycles. The Labute approximate surface area is 133 Å². The van der Waals surface area contributed by atoms with Gasteiger partial charge in [0.15, 0.2) is 0 Å². The van der Waals surface area contributed by atoms with Gasteiger partial charge in [-0.15, -0.1) is 12.4 Å². The molecule has 1 aromatic carbocycles. The van der Waals surface area contributed by atoms with Gasteiger partial charge < -0.3 is 11.1 Å². The molecule has 3 N–H and O–H groups in total. The molecule has 0 aromatic heterocycles. The number of halogens is 4. The van der Waals surface area contributed by atoms with Crippen LogP contribution in [0, 0.1) is 0 Å². The summed E-state index contributed by atoms with van der Waals surface area (Å²) >= 11 is 0. The molecule has 7 heteroatoms. The highest BCUT2D eigenvalue weighted by Crippen LogP contribution is 2.31. The van der Waals surface area contributed by atoms with Crippen molar-refractivity contribution >= 4 is 18.3 Å². The van der Waals surface area contributed by atoms with Crippen LogP contribution in [0.2, 0.25) is 0 Å². The maximum atomic E-state index is 12.5. The summed E-state index contributed by atoms with van der Waals surface area (Å²) in [4.78, 5) is 12.2. The Morgan fingerprint density at radius 3 is 2.18 bits per heavy atom. The number of nitrogens with two attached hydrogens (primary N) is 1. The summed E-state index contributed by atoms with van der Waals surface area (Å²) in [5.41, 5.74) is 5.14. The van der Waals surface area contributed by atoms with Crippen molar-refractivity contribution in [2.45, 2.75) is 50.4 Å². The lowest BCUT2D eigenvalue weighted by Gasteiger charge is -2.25. The quantitative estimate of drug-likeness (QED) is 0.886. The molecule has 3 nitrogen and oxygen atoms in total. The molecular formula is C15H20ClF3N2O. The second kappa shape index (κ2) is 6.87. The monoisotopic (exact) mass is 336 g/mol. The average molecular weight is 337 g/mol. The third kappa shape index (κ3) is 4.14. The number of carbonyl (C=O) groups is 1. The minimum atomic E-state index is -4.35. The van der Waals surface area contributed by atoms with E-state index in [1.54, 1.807) is 6.92 Å². The van der Waals surface area contributed by atoms with Gasteiger partial charge in [-0.3, -0.25) is 4.79 Å². The van der Waals surface area contributed by atoms with E-state index in [9.17, 15) is 18.0 Å². The molecule has 124 valence electrons. The van der Waals surface area contributed by atoms with E-state index in [2.05, 4.69) is 5.32 Å². The fourth-order valence-electron chi connectivity index (χ4n) is 2.62. The van der Waals surface area contributed by atoms with Crippen molar-refractivity contribution in [2.24, 2.45) is 5.73 Å². The topological polar surface area (TPSA) is 55.1 Å². The summed E-state index contributed by atoms with van der Waals surface area (Å²) in [6.07, 6.45) is -1.19. The molecule has 0 radical (unpaired) electrons. The van der Waals surface area contributed by atoms with Crippen LogP contribution in [-0.2, 0) is 11.0 Å². The van der Waals surface area contributed by atoms with Gasteiger partial charge in [-0.2, -0.15) is 13.2 Å². The van der Waals surface area contributed by atoms with Crippen LogP contribution in [0.1, 0.15) is 49.8 Å². The third-order valence-electron chi connectivity index (χ3n) is 4.03. The number of alkyl halides is 3. The zero-order valence-corrected chi connectivity index (χ0v) is 13.1. The lowest BCUT2D eigenvalue weighted by molar-refractivity contribution is -0.137. The smallest absolute Gasteiger partial charge is 0.348 e. The molecule has 1 amide bonds. The van der Waals surface area contributed by atoms with Gasteiger partial charge >= 0.3 is 6.18 Å². The Hall–Kier alpha value is -1.27. The van der Waals surface area contributed by atoms with E-state index in [-0.39, 0.29) is 24.4 Å². The number of rotatable bonds is 3. The zero-order valence-electron chi connectivity index (χ0n) is 12.2. The molecular weight excluding hydrogens is 317 g/mol. The normalized spacial score (nSPS) is 18.4. The highest BCUT2D eigenvalue weighted by atomic mass is 35.5. The van der Waals surface area contributed by atoms with Crippen LogP contribution in [0.4, 0.5) is 13.2 Å². The van der Waals surface area contributed by atoms with Crippen molar-refractivity contribution in [3.05, 3.63) is 35.4 Å². The summed E-state index contributed by atoms with van der Waals surface area (Å²) in [6, 6.07) is 4.43. The van der Waals surface area contributed by atoms with Crippen LogP contribution in [0.25, 0.3) is 0 Å². The fourth-order valence-corrected chi connectivity index (χ4v) is 2.62. The van der Waals surface area contributed by atoms with Crippen molar-refractivity contribution in [1.82, 2.24) is 5.32 Å². The van der Waals surface area contributed by atoms with Crippen LogP contribution >= 0.6 is 12.4 Å². The highest BCUT2D eigenvalue weighted by Gasteiger charge is 2.37. The van der Waals surface area contributed by atoms with Crippen LogP contribution in [0.5, 0.6) is 0 Å². The third-order valence-corrected chi connectivity index (χ3v) is 4.03. The van der Waals surface area contributed by atoms with E-state index in [1.165, 1.54) is 12.1 Å². The second-order valence-electron chi connectivity index (χ2n) is 5.68. The van der Waals surface area contributed by atoms with E-state index < -0.39 is 17.3 Å². The van der Waals surface area contributed by atoms with Gasteiger partial charge in [0.25, 0.3) is 0 Å². The number of carbonyl (C=O) groups excluding carboxylic acids is 1. The summed E-state index contributed by atoms with van der Waals surface area (Å²) in [5.74, 6) is -0.229. The van der Waals surface area contributed by atoms with Gasteiger partial charge in [-0.1, -0.05) is 25.0 Å². The highest BCUT2D eigenvalue weighted by molar-refractivity contribution is 5.86. The van der Waals surface area contributed by atoms with E-state index in [0.717, 1.165) is 25.0 Å². The lowest BCUT2D eigenvalue weighted by atomic mass is 9.97. The van der Waals surface area contributed by atoms with E-state index in [1.807, 2.05) is 0 Å². The molecule has 1 saturated carbocycles. The van der Waals surface area contributed by atoms with Gasteiger partial charge in [-0.05, 0) is 37.5 Å². The Morgan fingerprint density at radius 2 is 1.73 bits per heavy atom. The zero-order chi connectivity index (χ0) is 15.7. The van der Waals surface area contributed by atoms with Crippen molar-refractivity contribution in [2.75, 3.05) is 0 Å². The second-order valence-corrected chi connectivity index (χ2v) is 5.68. The minimum absolute atomic E-state index is 0.